The molecule has 1 fully saturated rings. The van der Waals surface area contributed by atoms with Crippen LogP contribution < -0.4 is 0 Å². The zero-order chi connectivity index (χ0) is 28.8. The number of ether oxygens (including phenoxy) is 1. The zero-order valence-corrected chi connectivity index (χ0v) is 22.2. The molecule has 1 aliphatic heterocycles. The van der Waals surface area contributed by atoms with E-state index in [4.69, 9.17) is 9.84 Å². The van der Waals surface area contributed by atoms with E-state index in [1.54, 1.807) is 6.92 Å². The fourth-order valence-corrected chi connectivity index (χ4v) is 4.66. The molecule has 11 nitrogen and oxygen atoms in total. The van der Waals surface area contributed by atoms with Crippen LogP contribution in [-0.2, 0) is 24.8 Å². The van der Waals surface area contributed by atoms with Crippen molar-refractivity contribution in [3.8, 4) is 0 Å². The van der Waals surface area contributed by atoms with E-state index in [9.17, 15) is 33.4 Å². The molecule has 0 aliphatic carbocycles. The lowest BCUT2D eigenvalue weighted by Gasteiger charge is -2.42. The maximum Gasteiger partial charge on any atom is 0.441 e. The third kappa shape index (κ3) is 7.50. The van der Waals surface area contributed by atoms with Crippen molar-refractivity contribution in [3.05, 3.63) is 71.3 Å². The molecular weight excluding hydrogens is 534 g/mol. The minimum atomic E-state index is -2.28. The van der Waals surface area contributed by atoms with Gasteiger partial charge in [-0.05, 0) is 60.6 Å². The number of hydrogen-bond donors (Lipinski definition) is 3. The summed E-state index contributed by atoms with van der Waals surface area (Å²) in [5.74, 6) is -7.25. The molecule has 1 amide bonds. The average Bonchev–Trinajstić information content (AvgIpc) is 2.92. The van der Waals surface area contributed by atoms with Gasteiger partial charge in [-0.25, -0.2) is 28.1 Å². The van der Waals surface area contributed by atoms with Gasteiger partial charge in [0.05, 0.1) is 7.05 Å². The lowest BCUT2D eigenvalue weighted by Crippen LogP contribution is -2.55. The number of rotatable bonds is 8. The largest absolute Gasteiger partial charge is 0.463 e. The molecule has 1 aliphatic rings. The van der Waals surface area contributed by atoms with Crippen molar-refractivity contribution in [3.63, 3.8) is 0 Å². The van der Waals surface area contributed by atoms with E-state index in [0.29, 0.717) is 37.1 Å². The predicted octanol–water partition coefficient (Wildman–Crippen LogP) is 2.54. The summed E-state index contributed by atoms with van der Waals surface area (Å²) < 4.78 is 32.5. The molecule has 2 unspecified atom stereocenters. The van der Waals surface area contributed by atoms with Crippen molar-refractivity contribution in [2.45, 2.75) is 50.5 Å². The van der Waals surface area contributed by atoms with Gasteiger partial charge in [0, 0.05) is 19.5 Å². The first-order valence-corrected chi connectivity index (χ1v) is 12.5. The van der Waals surface area contributed by atoms with Gasteiger partial charge in [-0.3, -0.25) is 0 Å². The van der Waals surface area contributed by atoms with E-state index < -0.39 is 47.1 Å². The van der Waals surface area contributed by atoms with E-state index in [-0.39, 0.29) is 23.4 Å². The molecule has 2 atom stereocenters. The van der Waals surface area contributed by atoms with E-state index in [1.807, 2.05) is 0 Å². The third-order valence-electron chi connectivity index (χ3n) is 6.95. The van der Waals surface area contributed by atoms with Gasteiger partial charge in [0.15, 0.2) is 0 Å². The highest BCUT2D eigenvalue weighted by Gasteiger charge is 2.44. The van der Waals surface area contributed by atoms with Gasteiger partial charge in [-0.1, -0.05) is 37.6 Å². The summed E-state index contributed by atoms with van der Waals surface area (Å²) >= 11 is 0. The summed E-state index contributed by atoms with van der Waals surface area (Å²) in [6.45, 7) is 2.37. The molecule has 0 aromatic heterocycles. The Balaban J connectivity index is 0.00000560. The van der Waals surface area contributed by atoms with Crippen LogP contribution in [0.1, 0.15) is 50.2 Å². The molecule has 1 heterocycles. The fourth-order valence-electron chi connectivity index (χ4n) is 4.66. The summed E-state index contributed by atoms with van der Waals surface area (Å²) in [5, 5.41) is 32.4. The second kappa shape index (κ2) is 13.6. The Kier molecular flexibility index (Phi) is 11.1. The number of carbonyl (C=O) groups is 3. The standard InChI is InChI=1S/C27H32F2N2O8.H2O/c1-18(27(37,19-6-10-21(28)11-7-19)20-8-12-22(29)13-9-20)14-15-26(36,31-16-4-3-5-17-31)38-23(32)24(33)39-30(2)25(34)35;/h6-13,18,36-37H,3-5,14-17H2,1-2H3,(H,34,35);1H2. The summed E-state index contributed by atoms with van der Waals surface area (Å²) in [5.41, 5.74) is -1.11. The van der Waals surface area contributed by atoms with Gasteiger partial charge in [0.2, 0.25) is 0 Å². The van der Waals surface area contributed by atoms with Crippen molar-refractivity contribution < 1.29 is 53.5 Å². The van der Waals surface area contributed by atoms with Crippen LogP contribution in [0.2, 0.25) is 0 Å². The summed E-state index contributed by atoms with van der Waals surface area (Å²) in [7, 11) is 0.901. The average molecular weight is 569 g/mol. The number of hydrogen-bond acceptors (Lipinski definition) is 8. The lowest BCUT2D eigenvalue weighted by atomic mass is 9.75. The number of carboxylic acid groups (broad SMARTS) is 1. The number of aliphatic hydroxyl groups is 2. The van der Waals surface area contributed by atoms with Crippen LogP contribution in [-0.4, -0.2) is 74.8 Å². The zero-order valence-electron chi connectivity index (χ0n) is 22.2. The second-order valence-corrected chi connectivity index (χ2v) is 9.56. The van der Waals surface area contributed by atoms with Crippen molar-refractivity contribution in [1.82, 2.24) is 9.96 Å². The summed E-state index contributed by atoms with van der Waals surface area (Å²) in [6.07, 6.45) is 0.407. The normalized spacial score (nSPS) is 16.1. The number of esters is 1. The van der Waals surface area contributed by atoms with Gasteiger partial charge >= 0.3 is 18.0 Å². The van der Waals surface area contributed by atoms with E-state index in [0.717, 1.165) is 13.5 Å². The van der Waals surface area contributed by atoms with Crippen molar-refractivity contribution in [2.24, 2.45) is 5.92 Å². The number of benzene rings is 2. The van der Waals surface area contributed by atoms with Crippen molar-refractivity contribution >= 4 is 18.0 Å². The molecule has 0 saturated carbocycles. The SMILES string of the molecule is CC(CCC(O)(OC(=O)C(=O)ON(C)C(=O)O)N1CCCCC1)C(O)(c1ccc(F)cc1)c1ccc(F)cc1.O. The number of amides is 1. The van der Waals surface area contributed by atoms with Gasteiger partial charge in [-0.2, -0.15) is 0 Å². The quantitative estimate of drug-likeness (QED) is 0.188. The topological polar surface area (TPSA) is 168 Å². The van der Waals surface area contributed by atoms with Crippen LogP contribution >= 0.6 is 0 Å². The van der Waals surface area contributed by atoms with Crippen LogP contribution in [0.25, 0.3) is 0 Å². The van der Waals surface area contributed by atoms with Crippen LogP contribution in [0.5, 0.6) is 0 Å². The molecule has 2 aromatic rings. The number of piperidine rings is 1. The van der Waals surface area contributed by atoms with Gasteiger partial charge in [0.1, 0.15) is 17.2 Å². The van der Waals surface area contributed by atoms with E-state index in [1.165, 1.54) is 53.4 Å². The molecule has 0 radical (unpaired) electrons. The Morgan fingerprint density at radius 2 is 1.40 bits per heavy atom. The van der Waals surface area contributed by atoms with Crippen LogP contribution in [0.15, 0.2) is 48.5 Å². The Morgan fingerprint density at radius 1 is 0.925 bits per heavy atom. The molecule has 0 bridgehead atoms. The van der Waals surface area contributed by atoms with E-state index >= 15 is 0 Å². The number of carbonyl (C=O) groups excluding carboxylic acids is 2. The maximum atomic E-state index is 13.7. The van der Waals surface area contributed by atoms with Gasteiger partial charge in [-0.15, -0.1) is 5.06 Å². The minimum Gasteiger partial charge on any atom is -0.463 e. The van der Waals surface area contributed by atoms with E-state index in [2.05, 4.69) is 4.84 Å². The summed E-state index contributed by atoms with van der Waals surface area (Å²) in [6, 6.07) is 10.3. The van der Waals surface area contributed by atoms with Crippen molar-refractivity contribution in [2.75, 3.05) is 20.1 Å². The molecule has 0 spiro atoms. The Hall–Kier alpha value is -3.65. The van der Waals surface area contributed by atoms with Crippen LogP contribution in [0.4, 0.5) is 13.6 Å². The first-order valence-electron chi connectivity index (χ1n) is 12.5. The molecule has 40 heavy (non-hydrogen) atoms. The van der Waals surface area contributed by atoms with Crippen LogP contribution in [0.3, 0.4) is 0 Å². The smallest absolute Gasteiger partial charge is 0.441 e. The lowest BCUT2D eigenvalue weighted by molar-refractivity contribution is -0.288. The Bertz CT molecular complexity index is 1110. The first-order chi connectivity index (χ1) is 18.4. The molecule has 3 rings (SSSR count). The fraction of sp³-hybridized carbons (Fsp3) is 0.444. The highest BCUT2D eigenvalue weighted by molar-refractivity contribution is 6.29. The van der Waals surface area contributed by atoms with Crippen LogP contribution in [0, 0.1) is 17.6 Å². The number of nitrogens with zero attached hydrogens (tertiary/aromatic N) is 2. The Labute approximate surface area is 229 Å². The molecule has 2 aromatic carbocycles. The monoisotopic (exact) mass is 568 g/mol. The van der Waals surface area contributed by atoms with Gasteiger partial charge < -0.3 is 30.4 Å². The third-order valence-corrected chi connectivity index (χ3v) is 6.95. The van der Waals surface area contributed by atoms with Gasteiger partial charge in [0.25, 0.3) is 5.91 Å². The van der Waals surface area contributed by atoms with Crippen molar-refractivity contribution in [1.29, 1.82) is 0 Å². The molecule has 1 saturated heterocycles. The number of halogens is 2. The second-order valence-electron chi connectivity index (χ2n) is 9.56. The molecular formula is C27H34F2N2O9. The maximum absolute atomic E-state index is 13.7. The first kappa shape index (κ1) is 32.6. The number of hydroxylamine groups is 2. The predicted molar refractivity (Wildman–Crippen MR) is 136 cm³/mol. The minimum absolute atomic E-state index is 0. The molecule has 13 heteroatoms. The molecule has 220 valence electrons. The highest BCUT2D eigenvalue weighted by atomic mass is 19.1. The summed E-state index contributed by atoms with van der Waals surface area (Å²) in [4.78, 5) is 41.4. The molecule has 5 N–H and O–H groups in total. The highest BCUT2D eigenvalue weighted by Crippen LogP contribution is 2.40. The number of likely N-dealkylation sites (tertiary alicyclic amines) is 1. The Morgan fingerprint density at radius 3 is 1.85 bits per heavy atom.